The number of nitrogens with one attached hydrogen (secondary N) is 1. The first-order valence-corrected chi connectivity index (χ1v) is 24.4. The molecule has 0 saturated heterocycles. The molecule has 79 heavy (non-hydrogen) atoms. The van der Waals surface area contributed by atoms with Crippen LogP contribution in [0.15, 0.2) is 169 Å². The molecule has 23 heteroatoms. The maximum atomic E-state index is 13.4. The number of rotatable bonds is 20. The molecule has 0 saturated carbocycles. The smallest absolute Gasteiger partial charge is 0.219 e. The van der Waals surface area contributed by atoms with Gasteiger partial charge in [-0.2, -0.15) is 10.2 Å². The minimum absolute atomic E-state index is 0.116. The molecule has 0 unspecified atom stereocenters. The lowest BCUT2D eigenvalue weighted by Crippen LogP contribution is -2.25. The average molecular weight is 1110 g/mol. The third-order valence-electron chi connectivity index (χ3n) is 11.2. The Hall–Kier alpha value is -9.86. The molecule has 0 amide bonds. The normalized spacial score (nSPS) is 10.7. The number of halogens is 4. The molecule has 3 N–H and O–H groups in total. The van der Waals surface area contributed by atoms with Gasteiger partial charge in [-0.05, 0) is 53.1 Å². The summed E-state index contributed by atoms with van der Waals surface area (Å²) in [4.78, 5) is 77.3. The Morgan fingerprint density at radius 1 is 0.620 bits per heavy atom. The molecule has 9 rings (SSSR count). The van der Waals surface area contributed by atoms with Crippen molar-refractivity contribution in [3.8, 4) is 51.0 Å². The van der Waals surface area contributed by atoms with E-state index in [0.29, 0.717) is 29.2 Å². The van der Waals surface area contributed by atoms with Crippen LogP contribution in [0.5, 0.6) is 28.7 Å². The first-order chi connectivity index (χ1) is 38.2. The number of ether oxygens (including phenoxy) is 3. The molecule has 6 aromatic heterocycles. The van der Waals surface area contributed by atoms with Gasteiger partial charge < -0.3 is 25.3 Å². The van der Waals surface area contributed by atoms with Crippen LogP contribution in [0.4, 0.5) is 20.4 Å². The largest absolute Gasteiger partial charge is 0.497 e. The van der Waals surface area contributed by atoms with E-state index >= 15 is 0 Å². The molecule has 9 aromatic rings. The molecule has 0 atom stereocenters. The number of anilines is 2. The van der Waals surface area contributed by atoms with Crippen LogP contribution in [0.2, 0.25) is 10.0 Å². The highest BCUT2D eigenvalue weighted by Crippen LogP contribution is 2.34. The van der Waals surface area contributed by atoms with Gasteiger partial charge in [-0.15, -0.1) is 13.2 Å². The molecule has 398 valence electrons. The van der Waals surface area contributed by atoms with Crippen molar-refractivity contribution in [2.24, 2.45) is 0 Å². The SMILES string of the molecule is C=CCn1cc(-c2ccc(F)cc2)c(=O)c(C(=O)Cc2ncc(Oc3ccnc(N)c3Cl)cn2)n1.C=CCn1cc(-c2ccc(F)cc2)c(=O)c(C(=O)Cc2ncc(Oc3ccnc(NCc4ccc(OC)cc4)c3Cl)cn2)n1. The fraction of sp³-hybridized carbons (Fsp3) is 0.107. The fourth-order valence-corrected chi connectivity index (χ4v) is 7.69. The number of nitrogens with zero attached hydrogens (tertiary/aromatic N) is 10. The highest BCUT2D eigenvalue weighted by Gasteiger charge is 2.22. The zero-order valence-electron chi connectivity index (χ0n) is 41.7. The minimum Gasteiger partial charge on any atom is -0.497 e. The maximum absolute atomic E-state index is 13.4. The van der Waals surface area contributed by atoms with Gasteiger partial charge in [0.05, 0.1) is 57.8 Å². The van der Waals surface area contributed by atoms with Crippen LogP contribution in [0.3, 0.4) is 0 Å². The average Bonchev–Trinajstić information content (AvgIpc) is 3.48. The van der Waals surface area contributed by atoms with Crippen molar-refractivity contribution in [2.75, 3.05) is 18.2 Å². The van der Waals surface area contributed by atoms with Crippen LogP contribution in [0.25, 0.3) is 22.3 Å². The van der Waals surface area contributed by atoms with Crippen LogP contribution in [-0.2, 0) is 32.5 Å². The quantitative estimate of drug-likeness (QED) is 0.0532. The number of Topliss-reactive ketones (excluding diaryl/α,β-unsaturated/α-hetero) is 2. The van der Waals surface area contributed by atoms with Gasteiger partial charge >= 0.3 is 0 Å². The molecule has 0 aliphatic carbocycles. The molecule has 0 radical (unpaired) electrons. The Morgan fingerprint density at radius 3 is 1.51 bits per heavy atom. The number of nitrogen functional groups attached to an aromatic ring is 1. The lowest BCUT2D eigenvalue weighted by molar-refractivity contribution is 0.0974. The summed E-state index contributed by atoms with van der Waals surface area (Å²) in [5.41, 5.74) is 6.28. The lowest BCUT2D eigenvalue weighted by Gasteiger charge is -2.12. The van der Waals surface area contributed by atoms with Crippen molar-refractivity contribution in [3.63, 3.8) is 0 Å². The van der Waals surface area contributed by atoms with Gasteiger partial charge in [0.25, 0.3) is 0 Å². The van der Waals surface area contributed by atoms with Gasteiger partial charge in [-0.1, -0.05) is 71.8 Å². The van der Waals surface area contributed by atoms with E-state index in [1.165, 1.54) is 107 Å². The Bertz CT molecular complexity index is 3800. The Kier molecular flexibility index (Phi) is 18.1. The van der Waals surface area contributed by atoms with E-state index < -0.39 is 34.1 Å². The highest BCUT2D eigenvalue weighted by atomic mass is 35.5. The van der Waals surface area contributed by atoms with Gasteiger partial charge in [-0.3, -0.25) is 28.5 Å². The van der Waals surface area contributed by atoms with Crippen LogP contribution < -0.4 is 36.1 Å². The van der Waals surface area contributed by atoms with Crippen LogP contribution >= 0.6 is 23.2 Å². The predicted octanol–water partition coefficient (Wildman–Crippen LogP) is 9.79. The van der Waals surface area contributed by atoms with Crippen molar-refractivity contribution in [2.45, 2.75) is 32.5 Å². The summed E-state index contributed by atoms with van der Waals surface area (Å²) in [5, 5.41) is 11.9. The van der Waals surface area contributed by atoms with Crippen LogP contribution in [0.1, 0.15) is 38.2 Å². The second-order valence-electron chi connectivity index (χ2n) is 16.7. The first kappa shape index (κ1) is 55.4. The summed E-state index contributed by atoms with van der Waals surface area (Å²) in [6.07, 6.45) is 14.1. The summed E-state index contributed by atoms with van der Waals surface area (Å²) in [5.74, 6) is 0.743. The van der Waals surface area contributed by atoms with Crippen LogP contribution in [-0.4, -0.2) is 68.1 Å². The summed E-state index contributed by atoms with van der Waals surface area (Å²) in [7, 11) is 1.61. The van der Waals surface area contributed by atoms with Gasteiger partial charge in [0.1, 0.15) is 50.7 Å². The topological polar surface area (TPSA) is 247 Å². The zero-order chi connectivity index (χ0) is 56.0. The molecule has 19 nitrogen and oxygen atoms in total. The first-order valence-electron chi connectivity index (χ1n) is 23.6. The van der Waals surface area contributed by atoms with Crippen molar-refractivity contribution < 1.29 is 32.6 Å². The van der Waals surface area contributed by atoms with Crippen molar-refractivity contribution >= 4 is 46.4 Å². The zero-order valence-corrected chi connectivity index (χ0v) is 43.2. The molecule has 0 spiro atoms. The number of ketones is 2. The van der Waals surface area contributed by atoms with Crippen molar-refractivity contribution in [1.29, 1.82) is 0 Å². The maximum Gasteiger partial charge on any atom is 0.219 e. The van der Waals surface area contributed by atoms with E-state index in [0.717, 1.165) is 11.3 Å². The van der Waals surface area contributed by atoms with E-state index in [1.54, 1.807) is 31.5 Å². The second-order valence-corrected chi connectivity index (χ2v) is 17.5. The second kappa shape index (κ2) is 25.8. The number of carbonyl (C=O) groups excluding carboxylic acids is 2. The molecular formula is C56H44Cl2F2N12O7. The van der Waals surface area contributed by atoms with Crippen molar-refractivity contribution in [1.82, 2.24) is 49.5 Å². The number of benzene rings is 3. The van der Waals surface area contributed by atoms with E-state index in [9.17, 15) is 28.0 Å². The summed E-state index contributed by atoms with van der Waals surface area (Å²) in [6.45, 7) is 8.34. The summed E-state index contributed by atoms with van der Waals surface area (Å²) < 4.78 is 46.3. The van der Waals surface area contributed by atoms with E-state index in [1.807, 2.05) is 24.3 Å². The van der Waals surface area contributed by atoms with Gasteiger partial charge in [-0.25, -0.2) is 38.7 Å². The number of pyridine rings is 2. The number of allylic oxidation sites excluding steroid dienone is 2. The summed E-state index contributed by atoms with van der Waals surface area (Å²) >= 11 is 12.6. The molecule has 0 bridgehead atoms. The number of hydrogen-bond acceptors (Lipinski definition) is 17. The standard InChI is InChI=1S/C32H26ClFN6O4.C24H18ClFN6O3/c1-3-14-40-19-25(21-6-8-22(34)9-7-21)31(42)30(39-40)26(41)15-28-36-17-24(18-37-28)44-27-12-13-35-32(29(27)33)38-16-20-4-10-23(43-2)11-5-20;1-2-9-32-13-17(14-3-5-15(26)6-4-14)23(34)22(31-32)18(33)10-20-29-11-16(12-30-20)35-19-7-8-28-24(27)21(19)25/h3-13,17-19H,1,14-16H2,2H3,(H,35,38);2-8,11-13H,1,9-10H2,(H2,27,28). The molecule has 3 aromatic carbocycles. The highest BCUT2D eigenvalue weighted by molar-refractivity contribution is 6.34. The molecule has 0 aliphatic heterocycles. The molecule has 0 fully saturated rings. The van der Waals surface area contributed by atoms with E-state index in [-0.39, 0.29) is 93.2 Å². The summed E-state index contributed by atoms with van der Waals surface area (Å²) in [6, 6.07) is 21.5. The van der Waals surface area contributed by atoms with Gasteiger partial charge in [0.2, 0.25) is 10.9 Å². The fourth-order valence-electron chi connectivity index (χ4n) is 7.32. The third kappa shape index (κ3) is 14.1. The van der Waals surface area contributed by atoms with E-state index in [2.05, 4.69) is 58.6 Å². The lowest BCUT2D eigenvalue weighted by atomic mass is 10.0. The third-order valence-corrected chi connectivity index (χ3v) is 12.0. The Balaban J connectivity index is 0.000000214. The number of nitrogens with two attached hydrogens (primary N) is 1. The number of carbonyl (C=O) groups is 2. The minimum atomic E-state index is -0.578. The van der Waals surface area contributed by atoms with Crippen LogP contribution in [0, 0.1) is 11.6 Å². The molecule has 0 aliphatic rings. The number of hydrogen-bond donors (Lipinski definition) is 2. The van der Waals surface area contributed by atoms with Gasteiger partial charge in [0.15, 0.2) is 46.0 Å². The number of methoxy groups -OCH3 is 1. The Morgan fingerprint density at radius 2 is 1.06 bits per heavy atom. The van der Waals surface area contributed by atoms with Gasteiger partial charge in [0, 0.05) is 54.6 Å². The molecule has 6 heterocycles. The van der Waals surface area contributed by atoms with Crippen molar-refractivity contribution in [3.05, 3.63) is 231 Å². The monoisotopic (exact) mass is 1100 g/mol. The van der Waals surface area contributed by atoms with E-state index in [4.69, 9.17) is 43.1 Å². The number of aromatic nitrogens is 10. The Labute approximate surface area is 458 Å². The predicted molar refractivity (Wildman–Crippen MR) is 292 cm³/mol. The molecular weight excluding hydrogens is 1060 g/mol.